The molecular formula is C21H23N3O4S2. The van der Waals surface area contributed by atoms with Crippen LogP contribution in [-0.4, -0.2) is 19.3 Å². The highest BCUT2D eigenvalue weighted by molar-refractivity contribution is 7.89. The summed E-state index contributed by atoms with van der Waals surface area (Å²) in [6.07, 6.45) is 5.77. The Bertz CT molecular complexity index is 1120. The zero-order valence-corrected chi connectivity index (χ0v) is 18.2. The molecule has 1 atom stereocenters. The van der Waals surface area contributed by atoms with Crippen molar-refractivity contribution < 1.29 is 17.6 Å². The Kier molecular flexibility index (Phi) is 6.03. The number of sulfonamides is 1. The molecule has 1 aliphatic rings. The van der Waals surface area contributed by atoms with Crippen LogP contribution in [0.5, 0.6) is 0 Å². The van der Waals surface area contributed by atoms with E-state index in [9.17, 15) is 13.2 Å². The minimum Gasteiger partial charge on any atom is -0.468 e. The summed E-state index contributed by atoms with van der Waals surface area (Å²) in [5, 5.41) is 3.44. The molecule has 3 aromatic rings. The summed E-state index contributed by atoms with van der Waals surface area (Å²) in [7, 11) is -3.70. The lowest BCUT2D eigenvalue weighted by molar-refractivity contribution is 0.102. The van der Waals surface area contributed by atoms with Crippen LogP contribution in [0.1, 0.15) is 46.5 Å². The highest BCUT2D eigenvalue weighted by atomic mass is 32.2. The summed E-state index contributed by atoms with van der Waals surface area (Å²) < 4.78 is 32.4. The lowest BCUT2D eigenvalue weighted by Crippen LogP contribution is -2.23. The highest BCUT2D eigenvalue weighted by Crippen LogP contribution is 2.33. The van der Waals surface area contributed by atoms with Crippen molar-refractivity contribution in [1.29, 1.82) is 0 Å². The molecule has 0 saturated heterocycles. The molecule has 2 aromatic heterocycles. The molecule has 1 aliphatic carbocycles. The second-order valence-electron chi connectivity index (χ2n) is 7.29. The molecule has 0 bridgehead atoms. The van der Waals surface area contributed by atoms with Crippen molar-refractivity contribution in [1.82, 2.24) is 9.71 Å². The van der Waals surface area contributed by atoms with Gasteiger partial charge in [-0.1, -0.05) is 13.3 Å². The molecule has 0 aliphatic heterocycles. The van der Waals surface area contributed by atoms with Crippen molar-refractivity contribution in [2.24, 2.45) is 5.92 Å². The van der Waals surface area contributed by atoms with E-state index in [4.69, 9.17) is 4.42 Å². The van der Waals surface area contributed by atoms with Crippen LogP contribution in [0, 0.1) is 5.92 Å². The first-order valence-electron chi connectivity index (χ1n) is 9.86. The number of rotatable bonds is 7. The van der Waals surface area contributed by atoms with Gasteiger partial charge in [0.25, 0.3) is 5.91 Å². The maximum atomic E-state index is 12.6. The summed E-state index contributed by atoms with van der Waals surface area (Å²) in [5.41, 5.74) is 1.46. The van der Waals surface area contributed by atoms with Crippen LogP contribution in [-0.2, 0) is 29.4 Å². The van der Waals surface area contributed by atoms with E-state index in [0.29, 0.717) is 22.4 Å². The average molecular weight is 446 g/mol. The number of benzene rings is 1. The number of aryl methyl sites for hydroxylation is 1. The number of hydrogen-bond acceptors (Lipinski definition) is 6. The second kappa shape index (κ2) is 8.71. The van der Waals surface area contributed by atoms with Gasteiger partial charge < -0.3 is 4.42 Å². The third-order valence-corrected chi connectivity index (χ3v) is 7.74. The van der Waals surface area contributed by atoms with Crippen LogP contribution in [0.15, 0.2) is 52.0 Å². The zero-order chi connectivity index (χ0) is 21.1. The lowest BCUT2D eigenvalue weighted by Gasteiger charge is -2.18. The number of carbonyl (C=O) groups excluding carboxylic acids is 1. The fourth-order valence-electron chi connectivity index (χ4n) is 3.46. The predicted octanol–water partition coefficient (Wildman–Crippen LogP) is 3.98. The molecule has 0 radical (unpaired) electrons. The van der Waals surface area contributed by atoms with Crippen molar-refractivity contribution in [2.75, 3.05) is 5.32 Å². The first-order chi connectivity index (χ1) is 14.4. The summed E-state index contributed by atoms with van der Waals surface area (Å²) in [5.74, 6) is 0.906. The van der Waals surface area contributed by atoms with Crippen molar-refractivity contribution in [3.05, 3.63) is 64.6 Å². The number of thiazole rings is 1. The van der Waals surface area contributed by atoms with Crippen molar-refractivity contribution >= 4 is 32.4 Å². The van der Waals surface area contributed by atoms with Crippen LogP contribution in [0.3, 0.4) is 0 Å². The molecule has 0 spiro atoms. The number of amides is 1. The standard InChI is InChI=1S/C21H23N3O4S2/c1-2-14-5-10-18-19(12-14)29-21(23-18)24-20(25)15-6-8-17(9-7-15)30(26,27)22-13-16-4-3-11-28-16/h3-4,6-9,11,14,22H,2,5,10,12-13H2,1H3,(H,23,24,25). The van der Waals surface area contributed by atoms with E-state index in [1.54, 1.807) is 12.1 Å². The van der Waals surface area contributed by atoms with E-state index in [1.807, 2.05) is 0 Å². The van der Waals surface area contributed by atoms with E-state index >= 15 is 0 Å². The first-order valence-corrected chi connectivity index (χ1v) is 12.2. The first kappa shape index (κ1) is 20.8. The minimum atomic E-state index is -3.70. The Labute approximate surface area is 179 Å². The minimum absolute atomic E-state index is 0.0607. The maximum Gasteiger partial charge on any atom is 0.257 e. The Morgan fingerprint density at radius 2 is 2.07 bits per heavy atom. The largest absolute Gasteiger partial charge is 0.468 e. The quantitative estimate of drug-likeness (QED) is 0.573. The molecule has 1 unspecified atom stereocenters. The Hall–Kier alpha value is -2.49. The van der Waals surface area contributed by atoms with Crippen molar-refractivity contribution in [3.63, 3.8) is 0 Å². The van der Waals surface area contributed by atoms with Gasteiger partial charge in [0.1, 0.15) is 5.76 Å². The van der Waals surface area contributed by atoms with E-state index < -0.39 is 10.0 Å². The van der Waals surface area contributed by atoms with Gasteiger partial charge in [0, 0.05) is 10.4 Å². The molecule has 158 valence electrons. The molecule has 0 saturated carbocycles. The van der Waals surface area contributed by atoms with Gasteiger partial charge in [-0.2, -0.15) is 0 Å². The van der Waals surface area contributed by atoms with Gasteiger partial charge in [-0.15, -0.1) is 11.3 Å². The molecule has 1 amide bonds. The number of anilines is 1. The zero-order valence-electron chi connectivity index (χ0n) is 16.6. The molecule has 2 N–H and O–H groups in total. The third kappa shape index (κ3) is 4.63. The van der Waals surface area contributed by atoms with Gasteiger partial charge in [0.05, 0.1) is 23.4 Å². The van der Waals surface area contributed by atoms with Gasteiger partial charge in [-0.3, -0.25) is 10.1 Å². The smallest absolute Gasteiger partial charge is 0.257 e. The van der Waals surface area contributed by atoms with Gasteiger partial charge in [-0.05, 0) is 61.6 Å². The molecule has 30 heavy (non-hydrogen) atoms. The topological polar surface area (TPSA) is 101 Å². The Balaban J connectivity index is 1.40. The predicted molar refractivity (Wildman–Crippen MR) is 115 cm³/mol. The van der Waals surface area contributed by atoms with E-state index in [1.165, 1.54) is 46.7 Å². The number of fused-ring (bicyclic) bond motifs is 1. The number of nitrogens with one attached hydrogen (secondary N) is 2. The van der Waals surface area contributed by atoms with Crippen molar-refractivity contribution in [2.45, 2.75) is 44.0 Å². The molecular weight excluding hydrogens is 422 g/mol. The van der Waals surface area contributed by atoms with Gasteiger partial charge in [0.2, 0.25) is 10.0 Å². The van der Waals surface area contributed by atoms with Crippen LogP contribution < -0.4 is 10.0 Å². The summed E-state index contributed by atoms with van der Waals surface area (Å²) in [4.78, 5) is 18.5. The molecule has 0 fully saturated rings. The van der Waals surface area contributed by atoms with Crippen LogP contribution in [0.4, 0.5) is 5.13 Å². The molecule has 7 nitrogen and oxygen atoms in total. The number of aromatic nitrogens is 1. The SMILES string of the molecule is CCC1CCc2nc(NC(=O)c3ccc(S(=O)(=O)NCc4ccco4)cc3)sc2C1. The maximum absolute atomic E-state index is 12.6. The monoisotopic (exact) mass is 445 g/mol. The normalized spacial score (nSPS) is 16.2. The molecule has 1 aromatic carbocycles. The fourth-order valence-corrected chi connectivity index (χ4v) is 5.57. The van der Waals surface area contributed by atoms with E-state index in [2.05, 4.69) is 21.9 Å². The van der Waals surface area contributed by atoms with Crippen LogP contribution in [0.25, 0.3) is 0 Å². The third-order valence-electron chi connectivity index (χ3n) is 5.28. The molecule has 2 heterocycles. The molecule has 4 rings (SSSR count). The Morgan fingerprint density at radius 3 is 2.77 bits per heavy atom. The Morgan fingerprint density at radius 1 is 1.27 bits per heavy atom. The van der Waals surface area contributed by atoms with Gasteiger partial charge >= 0.3 is 0 Å². The second-order valence-corrected chi connectivity index (χ2v) is 10.1. The van der Waals surface area contributed by atoms with Gasteiger partial charge in [-0.25, -0.2) is 18.1 Å². The number of nitrogens with zero attached hydrogens (tertiary/aromatic N) is 1. The van der Waals surface area contributed by atoms with Crippen LogP contribution >= 0.6 is 11.3 Å². The number of carbonyl (C=O) groups is 1. The summed E-state index contributed by atoms with van der Waals surface area (Å²) in [6.45, 7) is 2.26. The van der Waals surface area contributed by atoms with E-state index in [0.717, 1.165) is 31.4 Å². The van der Waals surface area contributed by atoms with Gasteiger partial charge in [0.15, 0.2) is 5.13 Å². The summed E-state index contributed by atoms with van der Waals surface area (Å²) in [6, 6.07) is 9.21. The van der Waals surface area contributed by atoms with Crippen molar-refractivity contribution in [3.8, 4) is 0 Å². The van der Waals surface area contributed by atoms with E-state index in [-0.39, 0.29) is 17.3 Å². The average Bonchev–Trinajstić information content (AvgIpc) is 3.41. The number of furan rings is 1. The van der Waals surface area contributed by atoms with Crippen LogP contribution in [0.2, 0.25) is 0 Å². The fraction of sp³-hybridized carbons (Fsp3) is 0.333. The highest BCUT2D eigenvalue weighted by Gasteiger charge is 2.22. The molecule has 9 heteroatoms. The lowest BCUT2D eigenvalue weighted by atomic mass is 9.89. The summed E-state index contributed by atoms with van der Waals surface area (Å²) >= 11 is 1.53. The number of hydrogen-bond donors (Lipinski definition) is 2.